The first-order valence-electron chi connectivity index (χ1n) is 5.83. The third-order valence-electron chi connectivity index (χ3n) is 3.01. The second kappa shape index (κ2) is 5.05. The van der Waals surface area contributed by atoms with Gasteiger partial charge in [-0.25, -0.2) is 5.84 Å². The van der Waals surface area contributed by atoms with Gasteiger partial charge in [-0.15, -0.1) is 0 Å². The van der Waals surface area contributed by atoms with E-state index in [1.165, 1.54) is 0 Å². The van der Waals surface area contributed by atoms with Crippen molar-refractivity contribution in [2.75, 3.05) is 16.8 Å². The van der Waals surface area contributed by atoms with E-state index in [2.05, 4.69) is 10.7 Å². The summed E-state index contributed by atoms with van der Waals surface area (Å²) >= 11 is 0. The number of rotatable bonds is 3. The first-order valence-corrected chi connectivity index (χ1v) is 5.83. The van der Waals surface area contributed by atoms with E-state index < -0.39 is 6.04 Å². The van der Waals surface area contributed by atoms with Gasteiger partial charge in [-0.1, -0.05) is 19.1 Å². The summed E-state index contributed by atoms with van der Waals surface area (Å²) < 4.78 is 0. The molecule has 0 bridgehead atoms. The van der Waals surface area contributed by atoms with Gasteiger partial charge in [0.05, 0.1) is 17.9 Å². The van der Waals surface area contributed by atoms with Gasteiger partial charge in [0.1, 0.15) is 6.04 Å². The summed E-state index contributed by atoms with van der Waals surface area (Å²) in [5.41, 5.74) is 3.71. The summed E-state index contributed by atoms with van der Waals surface area (Å²) in [6.45, 7) is 2.04. The van der Waals surface area contributed by atoms with E-state index >= 15 is 0 Å². The Morgan fingerprint density at radius 2 is 2.28 bits per heavy atom. The van der Waals surface area contributed by atoms with Crippen molar-refractivity contribution in [1.82, 2.24) is 5.43 Å². The minimum absolute atomic E-state index is 0.128. The van der Waals surface area contributed by atoms with Crippen molar-refractivity contribution in [3.05, 3.63) is 24.3 Å². The Bertz CT molecular complexity index is 475. The number of hydrogen-bond acceptors (Lipinski definition) is 4. The number of carbonyl (C=O) groups is 2. The highest BCUT2D eigenvalue weighted by molar-refractivity contribution is 6.03. The molecule has 18 heavy (non-hydrogen) atoms. The minimum atomic E-state index is -0.442. The van der Waals surface area contributed by atoms with Crippen molar-refractivity contribution >= 4 is 23.2 Å². The molecule has 1 aromatic carbocycles. The molecule has 0 aromatic heterocycles. The molecule has 0 aliphatic carbocycles. The molecule has 2 rings (SSSR count). The monoisotopic (exact) mass is 248 g/mol. The van der Waals surface area contributed by atoms with E-state index in [9.17, 15) is 9.59 Å². The second-order valence-electron chi connectivity index (χ2n) is 4.13. The molecule has 0 saturated carbocycles. The molecule has 6 nitrogen and oxygen atoms in total. The van der Waals surface area contributed by atoms with Crippen molar-refractivity contribution in [3.8, 4) is 0 Å². The van der Waals surface area contributed by atoms with Gasteiger partial charge in [0.25, 0.3) is 5.91 Å². The van der Waals surface area contributed by atoms with Crippen LogP contribution in [0.25, 0.3) is 0 Å². The number of hydrogen-bond donors (Lipinski definition) is 3. The lowest BCUT2D eigenvalue weighted by molar-refractivity contribution is -0.122. The van der Waals surface area contributed by atoms with Gasteiger partial charge < -0.3 is 10.2 Å². The van der Waals surface area contributed by atoms with Crippen molar-refractivity contribution < 1.29 is 9.59 Å². The summed E-state index contributed by atoms with van der Waals surface area (Å²) in [4.78, 5) is 25.2. The van der Waals surface area contributed by atoms with Gasteiger partial charge in [-0.3, -0.25) is 15.0 Å². The third-order valence-corrected chi connectivity index (χ3v) is 3.01. The Balaban J connectivity index is 2.38. The summed E-state index contributed by atoms with van der Waals surface area (Å²) in [5.74, 6) is 4.77. The van der Waals surface area contributed by atoms with Crippen molar-refractivity contribution in [2.24, 2.45) is 5.84 Å². The molecule has 1 atom stereocenters. The Hall–Kier alpha value is -2.08. The Morgan fingerprint density at radius 3 is 2.94 bits per heavy atom. The highest BCUT2D eigenvalue weighted by Gasteiger charge is 2.30. The molecule has 96 valence electrons. The normalized spacial score (nSPS) is 15.7. The summed E-state index contributed by atoms with van der Waals surface area (Å²) in [7, 11) is 0. The van der Waals surface area contributed by atoms with E-state index in [0.717, 1.165) is 11.4 Å². The molecule has 0 fully saturated rings. The average molecular weight is 248 g/mol. The van der Waals surface area contributed by atoms with Crippen LogP contribution in [-0.4, -0.2) is 24.4 Å². The number of para-hydroxylation sites is 2. The Kier molecular flexibility index (Phi) is 3.47. The maximum Gasteiger partial charge on any atom is 0.256 e. The Labute approximate surface area is 105 Å². The molecular weight excluding hydrogens is 232 g/mol. The Morgan fingerprint density at radius 1 is 1.56 bits per heavy atom. The molecule has 0 spiro atoms. The van der Waals surface area contributed by atoms with Gasteiger partial charge in [-0.2, -0.15) is 0 Å². The summed E-state index contributed by atoms with van der Waals surface area (Å²) in [5, 5.41) is 2.78. The first-order chi connectivity index (χ1) is 8.67. The molecule has 1 heterocycles. The molecule has 6 heteroatoms. The zero-order valence-electron chi connectivity index (χ0n) is 10.1. The van der Waals surface area contributed by atoms with Crippen molar-refractivity contribution in [1.29, 1.82) is 0 Å². The second-order valence-corrected chi connectivity index (χ2v) is 4.13. The summed E-state index contributed by atoms with van der Waals surface area (Å²) in [6.07, 6.45) is 0.574. The smallest absolute Gasteiger partial charge is 0.256 e. The van der Waals surface area contributed by atoms with Gasteiger partial charge in [0, 0.05) is 0 Å². The van der Waals surface area contributed by atoms with Crippen molar-refractivity contribution in [3.63, 3.8) is 0 Å². The fraction of sp³-hybridized carbons (Fsp3) is 0.333. The fourth-order valence-electron chi connectivity index (χ4n) is 2.18. The highest BCUT2D eigenvalue weighted by atomic mass is 16.2. The largest absolute Gasteiger partial charge is 0.348 e. The molecule has 1 aliphatic rings. The van der Waals surface area contributed by atoms with E-state index in [4.69, 9.17) is 5.84 Å². The van der Waals surface area contributed by atoms with Crippen LogP contribution in [0, 0.1) is 0 Å². The van der Waals surface area contributed by atoms with Crippen LogP contribution in [0.5, 0.6) is 0 Å². The van der Waals surface area contributed by atoms with E-state index in [1.54, 1.807) is 4.90 Å². The van der Waals surface area contributed by atoms with E-state index in [0.29, 0.717) is 6.42 Å². The molecule has 2 amide bonds. The topological polar surface area (TPSA) is 87.5 Å². The number of hydrazine groups is 1. The SMILES string of the molecule is CCC(C(=O)NN)N1CC(=O)Nc2ccccc21. The molecule has 4 N–H and O–H groups in total. The van der Waals surface area contributed by atoms with Crippen LogP contribution >= 0.6 is 0 Å². The van der Waals surface area contributed by atoms with E-state index in [1.807, 2.05) is 31.2 Å². The number of fused-ring (bicyclic) bond motifs is 1. The third kappa shape index (κ3) is 2.14. The highest BCUT2D eigenvalue weighted by Crippen LogP contribution is 2.30. The predicted octanol–water partition coefficient (Wildman–Crippen LogP) is 0.214. The molecule has 1 unspecified atom stereocenters. The summed E-state index contributed by atoms with van der Waals surface area (Å²) in [6, 6.07) is 6.96. The van der Waals surface area contributed by atoms with Crippen LogP contribution in [0.15, 0.2) is 24.3 Å². The zero-order chi connectivity index (χ0) is 13.1. The average Bonchev–Trinajstić information content (AvgIpc) is 2.39. The van der Waals surface area contributed by atoms with Crippen LogP contribution in [0.1, 0.15) is 13.3 Å². The first kappa shape index (κ1) is 12.4. The van der Waals surface area contributed by atoms with Gasteiger partial charge in [-0.05, 0) is 18.6 Å². The predicted molar refractivity (Wildman–Crippen MR) is 68.8 cm³/mol. The van der Waals surface area contributed by atoms with E-state index in [-0.39, 0.29) is 18.4 Å². The van der Waals surface area contributed by atoms with Gasteiger partial charge >= 0.3 is 0 Å². The molecule has 0 radical (unpaired) electrons. The number of nitrogens with zero attached hydrogens (tertiary/aromatic N) is 1. The van der Waals surface area contributed by atoms with Crippen LogP contribution < -0.4 is 21.5 Å². The standard InChI is InChI=1S/C12H16N4O2/c1-2-9(12(18)15-13)16-7-11(17)14-8-5-3-4-6-10(8)16/h3-6,9H,2,7,13H2,1H3,(H,14,17)(H,15,18). The van der Waals surface area contributed by atoms with Crippen LogP contribution in [0.3, 0.4) is 0 Å². The molecule has 1 aliphatic heterocycles. The number of carbonyl (C=O) groups excluding carboxylic acids is 2. The minimum Gasteiger partial charge on any atom is -0.348 e. The van der Waals surface area contributed by atoms with Gasteiger partial charge in [0.15, 0.2) is 0 Å². The molecular formula is C12H16N4O2. The zero-order valence-corrected chi connectivity index (χ0v) is 10.1. The lowest BCUT2D eigenvalue weighted by atomic mass is 10.1. The number of nitrogens with one attached hydrogen (secondary N) is 2. The van der Waals surface area contributed by atoms with Crippen molar-refractivity contribution in [2.45, 2.75) is 19.4 Å². The fourth-order valence-corrected chi connectivity index (χ4v) is 2.18. The van der Waals surface area contributed by atoms with Crippen LogP contribution in [0.4, 0.5) is 11.4 Å². The molecule has 1 aromatic rings. The molecule has 0 saturated heterocycles. The van der Waals surface area contributed by atoms with Crippen LogP contribution in [-0.2, 0) is 9.59 Å². The quantitative estimate of drug-likeness (QED) is 0.405. The maximum atomic E-state index is 11.7. The lowest BCUT2D eigenvalue weighted by Gasteiger charge is -2.35. The van der Waals surface area contributed by atoms with Crippen LogP contribution in [0.2, 0.25) is 0 Å². The maximum absolute atomic E-state index is 11.7. The number of anilines is 2. The number of amides is 2. The van der Waals surface area contributed by atoms with Gasteiger partial charge in [0.2, 0.25) is 5.91 Å². The number of benzene rings is 1. The lowest BCUT2D eigenvalue weighted by Crippen LogP contribution is -2.52. The number of nitrogens with two attached hydrogens (primary N) is 1.